The van der Waals surface area contributed by atoms with Crippen LogP contribution in [0.4, 0.5) is 5.69 Å². The molecule has 0 aliphatic carbocycles. The molecular formula is C21H20N4O4S. The highest BCUT2D eigenvalue weighted by Gasteiger charge is 2.24. The highest BCUT2D eigenvalue weighted by Crippen LogP contribution is 2.34. The average Bonchev–Trinajstić information content (AvgIpc) is 3.32. The number of rotatable bonds is 7. The molecule has 2 heterocycles. The molecule has 2 amide bonds. The Hall–Kier alpha value is -3.46. The van der Waals surface area contributed by atoms with Crippen LogP contribution in [0.25, 0.3) is 0 Å². The monoisotopic (exact) mass is 424 g/mol. The van der Waals surface area contributed by atoms with E-state index in [1.807, 2.05) is 30.3 Å². The van der Waals surface area contributed by atoms with E-state index >= 15 is 0 Å². The van der Waals surface area contributed by atoms with E-state index in [2.05, 4.69) is 14.9 Å². The summed E-state index contributed by atoms with van der Waals surface area (Å²) < 4.78 is 14.9. The van der Waals surface area contributed by atoms with Gasteiger partial charge in [0, 0.05) is 23.7 Å². The first-order valence-electron chi connectivity index (χ1n) is 9.50. The number of hydrogen-bond donors (Lipinski definition) is 1. The van der Waals surface area contributed by atoms with Gasteiger partial charge < -0.3 is 14.8 Å². The molecule has 30 heavy (non-hydrogen) atoms. The van der Waals surface area contributed by atoms with Crippen molar-refractivity contribution in [1.29, 1.82) is 0 Å². The summed E-state index contributed by atoms with van der Waals surface area (Å²) in [5.74, 6) is 0.480. The van der Waals surface area contributed by atoms with Gasteiger partial charge in [-0.1, -0.05) is 34.8 Å². The zero-order valence-electron chi connectivity index (χ0n) is 16.1. The Kier molecular flexibility index (Phi) is 6.19. The number of nitrogens with zero attached hydrogens (tertiary/aromatic N) is 3. The summed E-state index contributed by atoms with van der Waals surface area (Å²) in [4.78, 5) is 26.9. The van der Waals surface area contributed by atoms with E-state index in [0.717, 1.165) is 17.1 Å². The first-order valence-corrected chi connectivity index (χ1v) is 10.3. The van der Waals surface area contributed by atoms with Gasteiger partial charge >= 0.3 is 0 Å². The van der Waals surface area contributed by atoms with E-state index in [0.29, 0.717) is 43.4 Å². The topological polar surface area (TPSA) is 93.7 Å². The number of benzene rings is 2. The molecule has 0 radical (unpaired) electrons. The fraction of sp³-hybridized carbons (Fsp3) is 0.238. The zero-order valence-corrected chi connectivity index (χ0v) is 16.9. The van der Waals surface area contributed by atoms with Gasteiger partial charge in [0.25, 0.3) is 5.91 Å². The minimum Gasteiger partial charge on any atom is -0.486 e. The maximum Gasteiger partial charge on any atom is 0.280 e. The van der Waals surface area contributed by atoms with Gasteiger partial charge in [-0.15, -0.1) is 5.10 Å². The fourth-order valence-electron chi connectivity index (χ4n) is 3.07. The van der Waals surface area contributed by atoms with Gasteiger partial charge in [0.05, 0.1) is 0 Å². The van der Waals surface area contributed by atoms with Crippen molar-refractivity contribution in [3.63, 3.8) is 0 Å². The first kappa shape index (κ1) is 19.8. The number of carbonyl (C=O) groups excluding carboxylic acids is 2. The molecule has 0 atom stereocenters. The number of carbonyl (C=O) groups is 2. The van der Waals surface area contributed by atoms with E-state index in [1.54, 1.807) is 23.6 Å². The van der Waals surface area contributed by atoms with E-state index in [-0.39, 0.29) is 18.1 Å². The predicted molar refractivity (Wildman–Crippen MR) is 112 cm³/mol. The molecule has 1 N–H and O–H groups in total. The molecule has 0 spiro atoms. The lowest BCUT2D eigenvalue weighted by molar-refractivity contribution is -0.119. The summed E-state index contributed by atoms with van der Waals surface area (Å²) in [6.45, 7) is 1.23. The number of nitrogens with one attached hydrogen (secondary N) is 1. The Morgan fingerprint density at radius 2 is 1.87 bits per heavy atom. The molecule has 8 nitrogen and oxygen atoms in total. The number of ether oxygens (including phenoxy) is 2. The van der Waals surface area contributed by atoms with Crippen molar-refractivity contribution in [2.45, 2.75) is 6.42 Å². The molecule has 2 aromatic carbocycles. The third kappa shape index (κ3) is 4.74. The van der Waals surface area contributed by atoms with Gasteiger partial charge in [-0.05, 0) is 35.6 Å². The Morgan fingerprint density at radius 3 is 2.63 bits per heavy atom. The van der Waals surface area contributed by atoms with Crippen molar-refractivity contribution in [1.82, 2.24) is 14.9 Å². The first-order chi connectivity index (χ1) is 14.7. The van der Waals surface area contributed by atoms with E-state index in [4.69, 9.17) is 9.47 Å². The fourth-order valence-corrected chi connectivity index (χ4v) is 3.50. The molecule has 0 fully saturated rings. The summed E-state index contributed by atoms with van der Waals surface area (Å²) in [6, 6.07) is 15.0. The van der Waals surface area contributed by atoms with Gasteiger partial charge in [-0.25, -0.2) is 0 Å². The van der Waals surface area contributed by atoms with Crippen molar-refractivity contribution in [3.05, 3.63) is 65.2 Å². The van der Waals surface area contributed by atoms with Crippen LogP contribution in [-0.2, 0) is 11.2 Å². The lowest BCUT2D eigenvalue weighted by Gasteiger charge is -2.24. The minimum absolute atomic E-state index is 0.148. The summed E-state index contributed by atoms with van der Waals surface area (Å²) in [7, 11) is 0. The van der Waals surface area contributed by atoms with Crippen molar-refractivity contribution in [3.8, 4) is 11.5 Å². The number of aromatic nitrogens is 2. The molecule has 1 aromatic heterocycles. The third-order valence-electron chi connectivity index (χ3n) is 4.54. The quantitative estimate of drug-likeness (QED) is 0.626. The molecule has 1 aliphatic heterocycles. The molecule has 3 aromatic rings. The normalized spacial score (nSPS) is 12.3. The molecule has 0 unspecified atom stereocenters. The average molecular weight is 424 g/mol. The van der Waals surface area contributed by atoms with Crippen LogP contribution in [0.5, 0.6) is 11.5 Å². The predicted octanol–water partition coefficient (Wildman–Crippen LogP) is 2.32. The standard InChI is InChI=1S/C21H20N4O4S/c26-20(22-9-8-15-4-2-1-3-5-15)13-25(21(27)17-14-30-24-23-17)16-6-7-18-19(12-16)29-11-10-28-18/h1-7,12,14H,8-11,13H2,(H,22,26). The Labute approximate surface area is 177 Å². The van der Waals surface area contributed by atoms with E-state index in [9.17, 15) is 9.59 Å². The molecule has 0 bridgehead atoms. The van der Waals surface area contributed by atoms with Crippen LogP contribution in [0, 0.1) is 0 Å². The second kappa shape index (κ2) is 9.36. The lowest BCUT2D eigenvalue weighted by Crippen LogP contribution is -2.41. The van der Waals surface area contributed by atoms with Gasteiger partial charge in [0.2, 0.25) is 5.91 Å². The van der Waals surface area contributed by atoms with E-state index < -0.39 is 5.91 Å². The van der Waals surface area contributed by atoms with Crippen molar-refractivity contribution in [2.24, 2.45) is 0 Å². The van der Waals surface area contributed by atoms with Gasteiger partial charge in [0.15, 0.2) is 17.2 Å². The summed E-state index contributed by atoms with van der Waals surface area (Å²) in [5, 5.41) is 8.28. The second-order valence-corrected chi connectivity index (χ2v) is 7.20. The van der Waals surface area contributed by atoms with Crippen LogP contribution >= 0.6 is 11.5 Å². The van der Waals surface area contributed by atoms with Crippen molar-refractivity contribution >= 4 is 29.0 Å². The number of anilines is 1. The third-order valence-corrected chi connectivity index (χ3v) is 5.05. The molecular weight excluding hydrogens is 404 g/mol. The maximum absolute atomic E-state index is 13.0. The number of amides is 2. The van der Waals surface area contributed by atoms with Crippen LogP contribution in [0.15, 0.2) is 53.9 Å². The zero-order chi connectivity index (χ0) is 20.8. The highest BCUT2D eigenvalue weighted by molar-refractivity contribution is 7.03. The maximum atomic E-state index is 13.0. The Balaban J connectivity index is 1.47. The Bertz CT molecular complexity index is 1010. The molecule has 4 rings (SSSR count). The number of hydrogen-bond acceptors (Lipinski definition) is 7. The molecule has 0 saturated carbocycles. The van der Waals surface area contributed by atoms with Crippen LogP contribution in [0.2, 0.25) is 0 Å². The molecule has 1 aliphatic rings. The molecule has 0 saturated heterocycles. The van der Waals surface area contributed by atoms with Gasteiger partial charge in [-0.3, -0.25) is 14.5 Å². The Morgan fingerprint density at radius 1 is 1.07 bits per heavy atom. The van der Waals surface area contributed by atoms with Crippen LogP contribution in [0.3, 0.4) is 0 Å². The highest BCUT2D eigenvalue weighted by atomic mass is 32.1. The smallest absolute Gasteiger partial charge is 0.280 e. The SMILES string of the molecule is O=C(CN(C(=O)c1csnn1)c1ccc2c(c1)OCCO2)NCCc1ccccc1. The van der Waals surface area contributed by atoms with Crippen LogP contribution in [-0.4, -0.2) is 47.7 Å². The van der Waals surface area contributed by atoms with Crippen LogP contribution < -0.4 is 19.7 Å². The van der Waals surface area contributed by atoms with Crippen LogP contribution in [0.1, 0.15) is 16.1 Å². The summed E-state index contributed by atoms with van der Waals surface area (Å²) in [5.41, 5.74) is 1.84. The van der Waals surface area contributed by atoms with E-state index in [1.165, 1.54) is 4.90 Å². The van der Waals surface area contributed by atoms with Crippen molar-refractivity contribution in [2.75, 3.05) is 31.2 Å². The van der Waals surface area contributed by atoms with Gasteiger partial charge in [0.1, 0.15) is 19.8 Å². The second-order valence-electron chi connectivity index (χ2n) is 6.59. The largest absolute Gasteiger partial charge is 0.486 e. The molecule has 9 heteroatoms. The van der Waals surface area contributed by atoms with Gasteiger partial charge in [-0.2, -0.15) is 0 Å². The summed E-state index contributed by atoms with van der Waals surface area (Å²) >= 11 is 1.08. The van der Waals surface area contributed by atoms with Crippen molar-refractivity contribution < 1.29 is 19.1 Å². The number of fused-ring (bicyclic) bond motifs is 1. The molecule has 154 valence electrons. The minimum atomic E-state index is -0.404. The lowest BCUT2D eigenvalue weighted by atomic mass is 10.1. The summed E-state index contributed by atoms with van der Waals surface area (Å²) in [6.07, 6.45) is 0.709.